The van der Waals surface area contributed by atoms with Gasteiger partial charge in [0.2, 0.25) is 5.91 Å². The summed E-state index contributed by atoms with van der Waals surface area (Å²) in [5.74, 6) is -0.240. The lowest BCUT2D eigenvalue weighted by molar-refractivity contribution is -0.124. The van der Waals surface area contributed by atoms with Crippen LogP contribution in [0.4, 0.5) is 4.39 Å². The number of benzene rings is 1. The Kier molecular flexibility index (Phi) is 4.94. The molecule has 27 heavy (non-hydrogen) atoms. The van der Waals surface area contributed by atoms with Gasteiger partial charge in [-0.25, -0.2) is 15.2 Å². The number of amides is 1. The average molecular weight is 373 g/mol. The molecule has 0 bridgehead atoms. The van der Waals surface area contributed by atoms with Crippen LogP contribution in [0.3, 0.4) is 0 Å². The Bertz CT molecular complexity index is 820. The van der Waals surface area contributed by atoms with Gasteiger partial charge in [0, 0.05) is 24.4 Å². The molecule has 1 aromatic carbocycles. The molecule has 1 aromatic heterocycles. The Morgan fingerprint density at radius 3 is 2.78 bits per heavy atom. The first-order valence-corrected chi connectivity index (χ1v) is 9.23. The van der Waals surface area contributed by atoms with Gasteiger partial charge in [0.25, 0.3) is 0 Å². The number of carbonyl (C=O) groups is 1. The number of nitrogens with zero attached hydrogens (tertiary/aromatic N) is 2. The molecule has 7 nitrogen and oxygen atoms in total. The maximum Gasteiger partial charge on any atom is 0.239 e. The maximum absolute atomic E-state index is 14.0. The van der Waals surface area contributed by atoms with Gasteiger partial charge in [0.05, 0.1) is 24.4 Å². The standard InChI is InChI=1S/C19H24FN5O2/c1-25-10-12(9-21-25)18(11-6-13(26)7-11)22-19(27)17-8-16(23-24-17)14-4-2-3-5-15(14)20/h2-5,9-11,13,16-18,23-24,26H,6-8H2,1H3,(H,22,27). The van der Waals surface area contributed by atoms with E-state index in [1.54, 1.807) is 29.1 Å². The molecular formula is C19H24FN5O2. The summed E-state index contributed by atoms with van der Waals surface area (Å²) in [5.41, 5.74) is 7.48. The van der Waals surface area contributed by atoms with Gasteiger partial charge in [-0.3, -0.25) is 9.48 Å². The van der Waals surface area contributed by atoms with E-state index in [9.17, 15) is 14.3 Å². The molecule has 3 unspecified atom stereocenters. The number of aliphatic hydroxyl groups excluding tert-OH is 1. The Morgan fingerprint density at radius 2 is 2.11 bits per heavy atom. The summed E-state index contributed by atoms with van der Waals surface area (Å²) in [5, 5.41) is 17.0. The topological polar surface area (TPSA) is 91.2 Å². The fourth-order valence-corrected chi connectivity index (χ4v) is 3.92. The molecule has 1 amide bonds. The van der Waals surface area contributed by atoms with Crippen molar-refractivity contribution in [1.29, 1.82) is 0 Å². The minimum absolute atomic E-state index is 0.142. The van der Waals surface area contributed by atoms with Crippen LogP contribution in [-0.2, 0) is 11.8 Å². The van der Waals surface area contributed by atoms with Gasteiger partial charge in [0.1, 0.15) is 11.9 Å². The molecule has 1 aliphatic carbocycles. The molecule has 2 aliphatic rings. The van der Waals surface area contributed by atoms with E-state index in [4.69, 9.17) is 0 Å². The van der Waals surface area contributed by atoms with Crippen LogP contribution < -0.4 is 16.2 Å². The highest BCUT2D eigenvalue weighted by Gasteiger charge is 2.38. The summed E-state index contributed by atoms with van der Waals surface area (Å²) in [6.07, 6.45) is 5.11. The molecule has 4 N–H and O–H groups in total. The number of halogens is 1. The number of aryl methyl sites for hydroxylation is 1. The van der Waals surface area contributed by atoms with Crippen molar-refractivity contribution in [3.63, 3.8) is 0 Å². The largest absolute Gasteiger partial charge is 0.393 e. The third-order valence-corrected chi connectivity index (χ3v) is 5.50. The maximum atomic E-state index is 14.0. The molecule has 1 aliphatic heterocycles. The highest BCUT2D eigenvalue weighted by atomic mass is 19.1. The lowest BCUT2D eigenvalue weighted by atomic mass is 9.75. The van der Waals surface area contributed by atoms with Gasteiger partial charge >= 0.3 is 0 Å². The highest BCUT2D eigenvalue weighted by molar-refractivity contribution is 5.82. The molecule has 2 fully saturated rings. The number of hydrogen-bond acceptors (Lipinski definition) is 5. The Balaban J connectivity index is 1.43. The van der Waals surface area contributed by atoms with E-state index in [-0.39, 0.29) is 35.8 Å². The van der Waals surface area contributed by atoms with Crippen LogP contribution in [0.2, 0.25) is 0 Å². The Morgan fingerprint density at radius 1 is 1.33 bits per heavy atom. The lowest BCUT2D eigenvalue weighted by Crippen LogP contribution is -2.48. The molecule has 3 atom stereocenters. The van der Waals surface area contributed by atoms with Crippen molar-refractivity contribution in [1.82, 2.24) is 25.9 Å². The van der Waals surface area contributed by atoms with Crippen LogP contribution in [0, 0.1) is 11.7 Å². The molecule has 2 heterocycles. The van der Waals surface area contributed by atoms with Gasteiger partial charge in [0.15, 0.2) is 0 Å². The van der Waals surface area contributed by atoms with E-state index < -0.39 is 6.04 Å². The van der Waals surface area contributed by atoms with Crippen molar-refractivity contribution in [3.8, 4) is 0 Å². The van der Waals surface area contributed by atoms with Gasteiger partial charge in [-0.1, -0.05) is 18.2 Å². The first kappa shape index (κ1) is 18.1. The summed E-state index contributed by atoms with van der Waals surface area (Å²) < 4.78 is 15.7. The minimum Gasteiger partial charge on any atom is -0.393 e. The van der Waals surface area contributed by atoms with E-state index in [1.165, 1.54) is 6.07 Å². The average Bonchev–Trinajstić information content (AvgIpc) is 3.27. The normalized spacial score (nSPS) is 28.6. The number of aromatic nitrogens is 2. The molecule has 0 radical (unpaired) electrons. The summed E-state index contributed by atoms with van der Waals surface area (Å²) >= 11 is 0. The Labute approximate surface area is 156 Å². The Hall–Kier alpha value is -2.29. The molecule has 8 heteroatoms. The zero-order chi connectivity index (χ0) is 19.0. The fraction of sp³-hybridized carbons (Fsp3) is 0.474. The van der Waals surface area contributed by atoms with Crippen molar-refractivity contribution in [2.24, 2.45) is 13.0 Å². The fourth-order valence-electron chi connectivity index (χ4n) is 3.92. The van der Waals surface area contributed by atoms with Crippen molar-refractivity contribution in [2.45, 2.75) is 43.5 Å². The van der Waals surface area contributed by atoms with Crippen molar-refractivity contribution in [3.05, 3.63) is 53.6 Å². The van der Waals surface area contributed by atoms with Crippen LogP contribution in [-0.4, -0.2) is 32.9 Å². The van der Waals surface area contributed by atoms with Crippen LogP contribution in [0.15, 0.2) is 36.7 Å². The quantitative estimate of drug-likeness (QED) is 0.630. The van der Waals surface area contributed by atoms with Gasteiger partial charge in [-0.05, 0) is 31.2 Å². The van der Waals surface area contributed by atoms with E-state index in [0.29, 0.717) is 24.8 Å². The second-order valence-electron chi connectivity index (χ2n) is 7.47. The number of aliphatic hydroxyl groups is 1. The first-order valence-electron chi connectivity index (χ1n) is 9.23. The molecule has 1 saturated heterocycles. The summed E-state index contributed by atoms with van der Waals surface area (Å²) in [6, 6.07) is 5.67. The molecule has 144 valence electrons. The highest BCUT2D eigenvalue weighted by Crippen LogP contribution is 2.38. The lowest BCUT2D eigenvalue weighted by Gasteiger charge is -2.38. The van der Waals surface area contributed by atoms with Crippen LogP contribution in [0.5, 0.6) is 0 Å². The number of nitrogens with one attached hydrogen (secondary N) is 3. The first-order chi connectivity index (χ1) is 13.0. The molecule has 2 aromatic rings. The predicted octanol–water partition coefficient (Wildman–Crippen LogP) is 1.10. The van der Waals surface area contributed by atoms with Gasteiger partial charge < -0.3 is 10.4 Å². The van der Waals surface area contributed by atoms with Gasteiger partial charge in [-0.15, -0.1) is 0 Å². The zero-order valence-electron chi connectivity index (χ0n) is 15.1. The number of hydrazine groups is 1. The number of carbonyl (C=O) groups excluding carboxylic acids is 1. The summed E-state index contributed by atoms with van der Waals surface area (Å²) in [6.45, 7) is 0. The summed E-state index contributed by atoms with van der Waals surface area (Å²) in [4.78, 5) is 12.8. The smallest absolute Gasteiger partial charge is 0.239 e. The van der Waals surface area contributed by atoms with E-state index in [2.05, 4.69) is 21.3 Å². The number of hydrogen-bond donors (Lipinski definition) is 4. The van der Waals surface area contributed by atoms with Crippen LogP contribution in [0.1, 0.15) is 42.5 Å². The van der Waals surface area contributed by atoms with E-state index >= 15 is 0 Å². The number of rotatable bonds is 5. The van der Waals surface area contributed by atoms with E-state index in [0.717, 1.165) is 5.56 Å². The molecule has 0 spiro atoms. The van der Waals surface area contributed by atoms with Crippen LogP contribution in [0.25, 0.3) is 0 Å². The van der Waals surface area contributed by atoms with Crippen molar-refractivity contribution >= 4 is 5.91 Å². The van der Waals surface area contributed by atoms with Gasteiger partial charge in [-0.2, -0.15) is 5.10 Å². The molecule has 4 rings (SSSR count). The zero-order valence-corrected chi connectivity index (χ0v) is 15.1. The molecule has 1 saturated carbocycles. The minimum atomic E-state index is -0.459. The summed E-state index contributed by atoms with van der Waals surface area (Å²) in [7, 11) is 1.83. The predicted molar refractivity (Wildman–Crippen MR) is 96.6 cm³/mol. The monoisotopic (exact) mass is 373 g/mol. The second kappa shape index (κ2) is 7.38. The van der Waals surface area contributed by atoms with Crippen LogP contribution >= 0.6 is 0 Å². The van der Waals surface area contributed by atoms with Crippen molar-refractivity contribution in [2.75, 3.05) is 0 Å². The van der Waals surface area contributed by atoms with E-state index in [1.807, 2.05) is 13.2 Å². The third kappa shape index (κ3) is 3.73. The third-order valence-electron chi connectivity index (χ3n) is 5.50. The molecular weight excluding hydrogens is 349 g/mol. The SMILES string of the molecule is Cn1cc(C(NC(=O)C2CC(c3ccccc3F)NN2)C2CC(O)C2)cn1. The second-order valence-corrected chi connectivity index (χ2v) is 7.47. The van der Waals surface area contributed by atoms with Crippen molar-refractivity contribution < 1.29 is 14.3 Å².